The summed E-state index contributed by atoms with van der Waals surface area (Å²) < 4.78 is 22.6. The zero-order chi connectivity index (χ0) is 22.0. The molecule has 1 aliphatic heterocycles. The monoisotopic (exact) mass is 423 g/mol. The Hall–Kier alpha value is -2.00. The Morgan fingerprint density at radius 1 is 1.23 bits per heavy atom. The van der Waals surface area contributed by atoms with Gasteiger partial charge in [-0.25, -0.2) is 4.79 Å². The first-order valence-corrected chi connectivity index (χ1v) is 10.4. The minimum Gasteiger partial charge on any atom is -0.481 e. The highest BCUT2D eigenvalue weighted by Gasteiger charge is 2.46. The maximum atomic E-state index is 11.9. The number of aliphatic carboxylic acids is 1. The van der Waals surface area contributed by atoms with E-state index in [9.17, 15) is 14.7 Å². The third-order valence-corrected chi connectivity index (χ3v) is 5.36. The van der Waals surface area contributed by atoms with E-state index < -0.39 is 29.7 Å². The van der Waals surface area contributed by atoms with Crippen molar-refractivity contribution in [2.45, 2.75) is 51.6 Å². The number of nitrogens with two attached hydrogens (primary N) is 1. The fourth-order valence-electron chi connectivity index (χ4n) is 3.38. The minimum absolute atomic E-state index is 0.166. The van der Waals surface area contributed by atoms with Crippen LogP contribution in [0.4, 0.5) is 0 Å². The van der Waals surface area contributed by atoms with E-state index in [2.05, 4.69) is 0 Å². The Bertz CT molecular complexity index is 661. The van der Waals surface area contributed by atoms with Crippen LogP contribution in [0.5, 0.6) is 0 Å². The van der Waals surface area contributed by atoms with Gasteiger partial charge < -0.3 is 29.8 Å². The highest BCUT2D eigenvalue weighted by Crippen LogP contribution is 2.36. The number of hydrogen-bond acceptors (Lipinski definition) is 7. The molecule has 4 atom stereocenters. The molecule has 0 saturated carbocycles. The summed E-state index contributed by atoms with van der Waals surface area (Å²) in [4.78, 5) is 23.5. The summed E-state index contributed by atoms with van der Waals surface area (Å²) in [7, 11) is 0. The molecule has 0 spiro atoms. The number of esters is 1. The van der Waals surface area contributed by atoms with Crippen LogP contribution in [-0.4, -0.2) is 55.3 Å². The van der Waals surface area contributed by atoms with Crippen LogP contribution in [-0.2, 0) is 35.1 Å². The van der Waals surface area contributed by atoms with E-state index in [1.807, 2.05) is 37.3 Å². The van der Waals surface area contributed by atoms with Gasteiger partial charge in [-0.05, 0) is 25.3 Å². The Morgan fingerprint density at radius 3 is 2.57 bits per heavy atom. The number of rotatable bonds is 12. The zero-order valence-electron chi connectivity index (χ0n) is 17.7. The highest BCUT2D eigenvalue weighted by atomic mass is 16.7. The van der Waals surface area contributed by atoms with Gasteiger partial charge in [0.15, 0.2) is 5.79 Å². The topological polar surface area (TPSA) is 117 Å². The first kappa shape index (κ1) is 24.3. The lowest BCUT2D eigenvalue weighted by Crippen LogP contribution is -2.52. The second-order valence-corrected chi connectivity index (χ2v) is 7.71. The van der Waals surface area contributed by atoms with Crippen molar-refractivity contribution >= 4 is 11.9 Å². The molecule has 1 aromatic carbocycles. The molecule has 0 amide bonds. The van der Waals surface area contributed by atoms with Crippen LogP contribution >= 0.6 is 0 Å². The van der Waals surface area contributed by atoms with Crippen LogP contribution in [0.2, 0.25) is 0 Å². The number of ether oxygens (including phenoxy) is 4. The van der Waals surface area contributed by atoms with Gasteiger partial charge in [0.1, 0.15) is 19.1 Å². The van der Waals surface area contributed by atoms with Crippen molar-refractivity contribution in [3.63, 3.8) is 0 Å². The summed E-state index contributed by atoms with van der Waals surface area (Å²) in [5, 5.41) is 9.49. The summed E-state index contributed by atoms with van der Waals surface area (Å²) in [6.45, 7) is 4.34. The maximum absolute atomic E-state index is 11.9. The van der Waals surface area contributed by atoms with Crippen LogP contribution < -0.4 is 5.73 Å². The van der Waals surface area contributed by atoms with Crippen LogP contribution in [0.3, 0.4) is 0 Å². The second-order valence-electron chi connectivity index (χ2n) is 7.71. The van der Waals surface area contributed by atoms with Crippen molar-refractivity contribution in [2.24, 2.45) is 17.6 Å². The molecule has 0 radical (unpaired) electrons. The van der Waals surface area contributed by atoms with Crippen LogP contribution in [0, 0.1) is 11.8 Å². The molecule has 1 saturated heterocycles. The molecule has 2 rings (SSSR count). The van der Waals surface area contributed by atoms with Crippen molar-refractivity contribution in [3.05, 3.63) is 35.9 Å². The normalized spacial score (nSPS) is 22.1. The van der Waals surface area contributed by atoms with Crippen molar-refractivity contribution < 1.29 is 33.6 Å². The van der Waals surface area contributed by atoms with Gasteiger partial charge in [-0.1, -0.05) is 37.3 Å². The van der Waals surface area contributed by atoms with E-state index in [4.69, 9.17) is 24.7 Å². The molecule has 1 aliphatic rings. The van der Waals surface area contributed by atoms with Crippen LogP contribution in [0.15, 0.2) is 30.3 Å². The number of hydrogen-bond donors (Lipinski definition) is 2. The smallest absolute Gasteiger partial charge is 0.332 e. The zero-order valence-corrected chi connectivity index (χ0v) is 17.7. The fraction of sp³-hybridized carbons (Fsp3) is 0.636. The van der Waals surface area contributed by atoms with Gasteiger partial charge in [0.25, 0.3) is 0 Å². The van der Waals surface area contributed by atoms with Crippen molar-refractivity contribution in [2.75, 3.05) is 26.4 Å². The average Bonchev–Trinajstić information content (AvgIpc) is 2.76. The molecule has 1 aromatic rings. The van der Waals surface area contributed by atoms with Gasteiger partial charge in [0.05, 0.1) is 19.3 Å². The van der Waals surface area contributed by atoms with E-state index in [1.165, 1.54) is 0 Å². The summed E-state index contributed by atoms with van der Waals surface area (Å²) in [5.74, 6) is -3.62. The SMILES string of the molecule is C[C@H](COCC(=O)OCc1ccccc1)[C@H](CN)O[C@@]1([C@@H](C)C(=O)O)CCCCO1. The molecular formula is C22H33NO7. The molecule has 0 bridgehead atoms. The van der Waals surface area contributed by atoms with E-state index in [-0.39, 0.29) is 32.3 Å². The Balaban J connectivity index is 1.82. The summed E-state index contributed by atoms with van der Waals surface area (Å²) in [6, 6.07) is 9.40. The van der Waals surface area contributed by atoms with Crippen LogP contribution in [0.25, 0.3) is 0 Å². The third-order valence-electron chi connectivity index (χ3n) is 5.36. The molecule has 30 heavy (non-hydrogen) atoms. The van der Waals surface area contributed by atoms with Gasteiger partial charge in [-0.3, -0.25) is 4.79 Å². The van der Waals surface area contributed by atoms with E-state index >= 15 is 0 Å². The molecule has 3 N–H and O–H groups in total. The molecule has 168 valence electrons. The highest BCUT2D eigenvalue weighted by molar-refractivity contribution is 5.71. The van der Waals surface area contributed by atoms with Gasteiger partial charge in [-0.2, -0.15) is 0 Å². The lowest BCUT2D eigenvalue weighted by atomic mass is 9.92. The van der Waals surface area contributed by atoms with Crippen LogP contribution in [0.1, 0.15) is 38.7 Å². The summed E-state index contributed by atoms with van der Waals surface area (Å²) in [5.41, 5.74) is 6.80. The quantitative estimate of drug-likeness (QED) is 0.492. The standard InChI is InChI=1S/C22H33NO7/c1-16(13-27-15-20(24)28-14-18-8-4-3-5-9-18)19(12-23)30-22(17(2)21(25)26)10-6-7-11-29-22/h3-5,8-9,16-17,19H,6-7,10-15,23H2,1-2H3,(H,25,26)/t16-,17+,19+,22-/m1/s1. The van der Waals surface area contributed by atoms with Gasteiger partial charge in [0.2, 0.25) is 0 Å². The molecule has 8 nitrogen and oxygen atoms in total. The van der Waals surface area contributed by atoms with Gasteiger partial charge >= 0.3 is 11.9 Å². The molecule has 0 unspecified atom stereocenters. The number of carboxylic acids is 1. The first-order chi connectivity index (χ1) is 14.4. The predicted molar refractivity (Wildman–Crippen MR) is 109 cm³/mol. The van der Waals surface area contributed by atoms with E-state index in [0.29, 0.717) is 13.0 Å². The van der Waals surface area contributed by atoms with Crippen molar-refractivity contribution in [1.82, 2.24) is 0 Å². The van der Waals surface area contributed by atoms with E-state index in [0.717, 1.165) is 18.4 Å². The molecule has 8 heteroatoms. The largest absolute Gasteiger partial charge is 0.481 e. The molecule has 0 aliphatic carbocycles. The molecular weight excluding hydrogens is 390 g/mol. The van der Waals surface area contributed by atoms with E-state index in [1.54, 1.807) is 6.92 Å². The predicted octanol–water partition coefficient (Wildman–Crippen LogP) is 2.34. The minimum atomic E-state index is -1.20. The third kappa shape index (κ3) is 7.05. The first-order valence-electron chi connectivity index (χ1n) is 10.4. The Labute approximate surface area is 177 Å². The Morgan fingerprint density at radius 2 is 1.97 bits per heavy atom. The molecule has 1 heterocycles. The lowest BCUT2D eigenvalue weighted by Gasteiger charge is -2.43. The molecule has 1 fully saturated rings. The average molecular weight is 424 g/mol. The van der Waals surface area contributed by atoms with Crippen molar-refractivity contribution in [3.8, 4) is 0 Å². The number of carbonyl (C=O) groups excluding carboxylic acids is 1. The number of carboxylic acid groups (broad SMARTS) is 1. The second kappa shape index (κ2) is 12.0. The molecule has 0 aromatic heterocycles. The van der Waals surface area contributed by atoms with Gasteiger partial charge in [0, 0.05) is 18.9 Å². The number of benzene rings is 1. The maximum Gasteiger partial charge on any atom is 0.332 e. The fourth-order valence-corrected chi connectivity index (χ4v) is 3.38. The summed E-state index contributed by atoms with van der Waals surface area (Å²) in [6.07, 6.45) is 1.72. The van der Waals surface area contributed by atoms with Crippen molar-refractivity contribution in [1.29, 1.82) is 0 Å². The Kier molecular flexibility index (Phi) is 9.71. The van der Waals surface area contributed by atoms with Gasteiger partial charge in [-0.15, -0.1) is 0 Å². The number of carbonyl (C=O) groups is 2. The lowest BCUT2D eigenvalue weighted by molar-refractivity contribution is -0.303. The summed E-state index contributed by atoms with van der Waals surface area (Å²) >= 11 is 0.